The third-order valence-electron chi connectivity index (χ3n) is 26.3. The number of rotatable bonds is 10. The van der Waals surface area contributed by atoms with Gasteiger partial charge in [-0.1, -0.05) is 297 Å². The van der Waals surface area contributed by atoms with Gasteiger partial charge in [0.2, 0.25) is 5.28 Å². The Balaban J connectivity index is 0.000000113. The van der Waals surface area contributed by atoms with Crippen LogP contribution in [-0.4, -0.2) is 48.2 Å². The molecule has 0 amide bonds. The first-order chi connectivity index (χ1) is 63.7. The van der Waals surface area contributed by atoms with E-state index >= 15 is 0 Å². The number of hydrogen-bond acceptors (Lipinski definition) is 12. The van der Waals surface area contributed by atoms with Crippen LogP contribution in [0.25, 0.3) is 250 Å². The number of thiophene rings is 2. The molecular formula is C116H74BClN6O4S2. The van der Waals surface area contributed by atoms with Crippen molar-refractivity contribution in [2.75, 3.05) is 0 Å². The number of nitrogens with zero attached hydrogens (tertiary/aromatic N) is 6. The maximum atomic E-state index is 6.66. The first-order valence-electron chi connectivity index (χ1n) is 43.7. The zero-order valence-electron chi connectivity index (χ0n) is 70.9. The summed E-state index contributed by atoms with van der Waals surface area (Å²) in [6.07, 6.45) is 0. The maximum absolute atomic E-state index is 6.66. The fourth-order valence-corrected chi connectivity index (χ4v) is 22.0. The van der Waals surface area contributed by atoms with Crippen LogP contribution in [0.2, 0.25) is 5.28 Å². The van der Waals surface area contributed by atoms with Crippen LogP contribution in [-0.2, 0) is 9.31 Å². The third-order valence-corrected chi connectivity index (χ3v) is 28.9. The van der Waals surface area contributed by atoms with Gasteiger partial charge in [0.05, 0.1) is 11.2 Å². The Bertz CT molecular complexity index is 8940. The highest BCUT2D eigenvalue weighted by molar-refractivity contribution is 7.26. The van der Waals surface area contributed by atoms with Gasteiger partial charge < -0.3 is 18.1 Å². The Morgan fingerprint density at radius 1 is 0.238 bits per heavy atom. The molecule has 7 heterocycles. The van der Waals surface area contributed by atoms with Crippen LogP contribution < -0.4 is 5.46 Å². The predicted octanol–water partition coefficient (Wildman–Crippen LogP) is 31.7. The van der Waals surface area contributed by atoms with Gasteiger partial charge >= 0.3 is 7.12 Å². The van der Waals surface area contributed by atoms with Gasteiger partial charge in [0.15, 0.2) is 29.1 Å². The number of furan rings is 2. The molecule has 0 spiro atoms. The summed E-state index contributed by atoms with van der Waals surface area (Å²) < 4.78 is 30.8. The van der Waals surface area contributed by atoms with Crippen molar-refractivity contribution in [2.45, 2.75) is 38.9 Å². The van der Waals surface area contributed by atoms with Crippen LogP contribution in [0.15, 0.2) is 385 Å². The minimum atomic E-state index is -0.341. The molecule has 20 aromatic carbocycles. The van der Waals surface area contributed by atoms with Crippen LogP contribution in [0.5, 0.6) is 0 Å². The minimum Gasteiger partial charge on any atom is -0.456 e. The van der Waals surface area contributed by atoms with Gasteiger partial charge in [0, 0.05) is 89.7 Å². The van der Waals surface area contributed by atoms with Crippen LogP contribution >= 0.6 is 34.3 Å². The topological polar surface area (TPSA) is 122 Å². The molecule has 0 N–H and O–H groups in total. The lowest BCUT2D eigenvalue weighted by Gasteiger charge is -2.32. The van der Waals surface area contributed by atoms with Crippen molar-refractivity contribution in [1.29, 1.82) is 0 Å². The molecule has 0 atom stereocenters. The van der Waals surface area contributed by atoms with E-state index in [4.69, 9.17) is 49.7 Å². The summed E-state index contributed by atoms with van der Waals surface area (Å²) in [4.78, 5) is 29.2. The molecule has 130 heavy (non-hydrogen) atoms. The average molecular weight is 1730 g/mol. The molecule has 0 aliphatic carbocycles. The lowest BCUT2D eigenvalue weighted by molar-refractivity contribution is 0.00578. The summed E-state index contributed by atoms with van der Waals surface area (Å²) >= 11 is 10.1. The van der Waals surface area contributed by atoms with E-state index in [-0.39, 0.29) is 23.6 Å². The summed E-state index contributed by atoms with van der Waals surface area (Å²) in [5.74, 6) is 2.88. The molecule has 27 rings (SSSR count). The zero-order chi connectivity index (χ0) is 86.6. The van der Waals surface area contributed by atoms with Crippen molar-refractivity contribution in [1.82, 2.24) is 29.9 Å². The molecule has 1 saturated heterocycles. The fraction of sp³-hybridized carbons (Fsp3) is 0.0517. The second kappa shape index (κ2) is 30.5. The van der Waals surface area contributed by atoms with E-state index in [2.05, 4.69) is 335 Å². The second-order valence-corrected chi connectivity index (χ2v) is 37.1. The van der Waals surface area contributed by atoms with E-state index in [1.54, 1.807) is 0 Å². The molecule has 0 bridgehead atoms. The molecule has 10 nitrogen and oxygen atoms in total. The number of benzene rings is 20. The van der Waals surface area contributed by atoms with Gasteiger partial charge in [-0.25, -0.2) is 19.9 Å². The summed E-state index contributed by atoms with van der Waals surface area (Å²) in [7, 11) is -0.341. The molecule has 1 aliphatic heterocycles. The van der Waals surface area contributed by atoms with E-state index in [1.165, 1.54) is 122 Å². The summed E-state index contributed by atoms with van der Waals surface area (Å²) in [5.41, 5.74) is 17.4. The molecule has 1 fully saturated rings. The van der Waals surface area contributed by atoms with Crippen molar-refractivity contribution in [3.63, 3.8) is 0 Å². The molecular weight excluding hydrogens is 1650 g/mol. The van der Waals surface area contributed by atoms with E-state index in [1.807, 2.05) is 102 Å². The van der Waals surface area contributed by atoms with Gasteiger partial charge in [-0.2, -0.15) is 9.97 Å². The van der Waals surface area contributed by atoms with E-state index < -0.39 is 0 Å². The highest BCUT2D eigenvalue weighted by Gasteiger charge is 2.52. The average Bonchev–Trinajstić information content (AvgIpc) is 1.18. The Hall–Kier alpha value is -15.2. The number of hydrogen-bond donors (Lipinski definition) is 0. The first kappa shape index (κ1) is 77.2. The first-order valence-corrected chi connectivity index (χ1v) is 45.7. The molecule has 6 aromatic heterocycles. The molecule has 1 aliphatic rings. The van der Waals surface area contributed by atoms with Gasteiger partial charge in [0.1, 0.15) is 22.3 Å². The monoisotopic (exact) mass is 1720 g/mol. The summed E-state index contributed by atoms with van der Waals surface area (Å²) in [6.45, 7) is 8.37. The van der Waals surface area contributed by atoms with Crippen LogP contribution in [0.4, 0.5) is 0 Å². The highest BCUT2D eigenvalue weighted by atomic mass is 35.5. The van der Waals surface area contributed by atoms with Crippen LogP contribution in [0, 0.1) is 0 Å². The molecule has 0 saturated carbocycles. The summed E-state index contributed by atoms with van der Waals surface area (Å²) in [5, 5.41) is 24.6. The van der Waals surface area contributed by atoms with E-state index in [0.29, 0.717) is 29.1 Å². The second-order valence-electron chi connectivity index (χ2n) is 34.6. The van der Waals surface area contributed by atoms with Crippen LogP contribution in [0.3, 0.4) is 0 Å². The van der Waals surface area contributed by atoms with Gasteiger partial charge in [-0.05, 0) is 233 Å². The molecule has 26 aromatic rings. The summed E-state index contributed by atoms with van der Waals surface area (Å²) in [6, 6.07) is 133. The van der Waals surface area contributed by atoms with E-state index in [0.717, 1.165) is 105 Å². The number of halogens is 1. The van der Waals surface area contributed by atoms with Crippen molar-refractivity contribution in [2.24, 2.45) is 0 Å². The van der Waals surface area contributed by atoms with Crippen LogP contribution in [0.1, 0.15) is 27.7 Å². The largest absolute Gasteiger partial charge is 0.494 e. The Kier molecular flexibility index (Phi) is 18.1. The molecule has 0 unspecified atom stereocenters. The normalized spacial score (nSPS) is 13.3. The minimum absolute atomic E-state index is 0.153. The Labute approximate surface area is 759 Å². The highest BCUT2D eigenvalue weighted by Crippen LogP contribution is 2.48. The fourth-order valence-electron chi connectivity index (χ4n) is 19.4. The molecule has 614 valence electrons. The van der Waals surface area contributed by atoms with Gasteiger partial charge in [0.25, 0.3) is 0 Å². The zero-order valence-corrected chi connectivity index (χ0v) is 73.3. The van der Waals surface area contributed by atoms with Gasteiger partial charge in [-0.15, -0.1) is 22.7 Å². The number of fused-ring (bicyclic) bond motifs is 12. The van der Waals surface area contributed by atoms with Crippen molar-refractivity contribution in [3.05, 3.63) is 381 Å². The van der Waals surface area contributed by atoms with Crippen molar-refractivity contribution >= 4 is 196 Å². The SMILES string of the molecule is CC1(C)OB(c2cccc(-c3cccc4c3sc3ccccc34)c2)OC1(C)C.Clc1nc(-c2ccccc2)nc(-c2cccc3oc4cc(-c5cc6ccc7cccc8ccc(c5)c6c78)ccc4c23)n1.c1ccc(-c2nc(-c3cccc(-c4cccc5c4sc4ccccc45)c3)nc(-c3cccc4oc5cc(-c6cc7ccc8cccc9ccc(c6)c7c89)ccc5c34)n2)cc1. The van der Waals surface area contributed by atoms with E-state index in [9.17, 15) is 0 Å². The van der Waals surface area contributed by atoms with Gasteiger partial charge in [-0.3, -0.25) is 0 Å². The third kappa shape index (κ3) is 13.1. The smallest absolute Gasteiger partial charge is 0.456 e. The molecule has 0 radical (unpaired) electrons. The Morgan fingerprint density at radius 3 is 1.08 bits per heavy atom. The van der Waals surface area contributed by atoms with Crippen molar-refractivity contribution < 1.29 is 18.1 Å². The Morgan fingerprint density at radius 2 is 0.592 bits per heavy atom. The maximum Gasteiger partial charge on any atom is 0.494 e. The lowest BCUT2D eigenvalue weighted by Crippen LogP contribution is -2.41. The van der Waals surface area contributed by atoms with Crippen molar-refractivity contribution in [3.8, 4) is 101 Å². The quantitative estimate of drug-likeness (QED) is 0.0966. The predicted molar refractivity (Wildman–Crippen MR) is 543 cm³/mol. The molecule has 14 heteroatoms. The lowest BCUT2D eigenvalue weighted by atomic mass is 9.78. The standard InChI is InChI=1S/C55H31N3OS.C37H20ClN3O.C24H23BO2S/c1-2-10-34(11-3-1)53-56-54(39-15-7-14-36(28-39)41-17-8-18-43-42-16-4-5-21-48(42)60-52(41)43)58-55(57-53)45-19-9-20-46-51(45)44-27-26-35(31-47(44)59-46)40-29-37-24-22-32-12-6-13-33-23-25-38(30-40)50(37)49(32)33;38-37-40-35(23-6-2-1-3-7-23)39-36(41-37)29-10-5-11-30-34(29)28-17-16-24(20-31(28)42-30)27-18-25-14-12-21-8-4-9-22-13-15-26(19-27)33(25)32(21)22;1-23(2)24(3,4)27-25(26-23)17-10-7-9-16(15-17)18-12-8-13-20-19-11-5-6-14-21(19)28-22(18)20/h1-31H;1-20H;5-15H,1-4H3. The number of aromatic nitrogens is 6.